The molecule has 10 rings (SSSR count). The van der Waals surface area contributed by atoms with E-state index in [1.165, 1.54) is 34.6 Å². The van der Waals surface area contributed by atoms with Gasteiger partial charge in [-0.25, -0.2) is 24.2 Å². The van der Waals surface area contributed by atoms with Crippen molar-refractivity contribution in [3.05, 3.63) is 126 Å². The largest absolute Gasteiger partial charge is 0.459 e. The average molecular weight is 2040 g/mol. The molecule has 4 bridgehead atoms. The van der Waals surface area contributed by atoms with Crippen LogP contribution in [-0.4, -0.2) is 255 Å². The predicted molar refractivity (Wildman–Crippen MR) is 557 cm³/mol. The van der Waals surface area contributed by atoms with Crippen LogP contribution in [-0.2, 0) is 100 Å². The van der Waals surface area contributed by atoms with Gasteiger partial charge in [0.25, 0.3) is 5.67 Å². The average Bonchev–Trinajstić information content (AvgIpc) is 1.27. The third-order valence-electron chi connectivity index (χ3n) is 31.9. The molecule has 0 radical (unpaired) electrons. The number of allylic oxidation sites excluding steroid dienone is 2. The Morgan fingerprint density at radius 3 is 1.71 bits per heavy atom. The highest BCUT2D eigenvalue weighted by molar-refractivity contribution is 6.08. The number of hydrogen-bond acceptors (Lipinski definition) is 29. The number of rotatable bonds is 15. The fourth-order valence-electron chi connectivity index (χ4n) is 21.8. The minimum Gasteiger partial charge on any atom is -0.459 e. The molecule has 6 saturated heterocycles. The first kappa shape index (κ1) is 122. The zero-order chi connectivity index (χ0) is 109. The Hall–Kier alpha value is -9.44. The third kappa shape index (κ3) is 29.9. The van der Waals surface area contributed by atoms with Gasteiger partial charge in [0, 0.05) is 93.0 Å². The number of aliphatic hydroxyl groups excluding tert-OH is 1. The van der Waals surface area contributed by atoms with Crippen molar-refractivity contribution in [2.75, 3.05) is 59.6 Å². The molecule has 32 heteroatoms. The normalized spacial score (nSPS) is 38.6. The molecule has 32 atom stereocenters. The maximum absolute atomic E-state index is 16.1. The van der Waals surface area contributed by atoms with Gasteiger partial charge in [-0.1, -0.05) is 200 Å². The number of nitrogens with zero attached hydrogens (tertiary/aromatic N) is 5. The van der Waals surface area contributed by atoms with Crippen molar-refractivity contribution in [1.82, 2.24) is 9.97 Å². The molecule has 0 aliphatic carbocycles. The number of aliphatic imine (C=N–C) groups is 2. The first-order valence-electron chi connectivity index (χ1n) is 51.6. The molecule has 6 fully saturated rings. The summed E-state index contributed by atoms with van der Waals surface area (Å²) in [6, 6.07) is 24.8. The van der Waals surface area contributed by atoms with Crippen LogP contribution in [0.25, 0.3) is 23.1 Å². The highest BCUT2D eigenvalue weighted by Gasteiger charge is 2.58. The predicted octanol–water partition coefficient (Wildman–Crippen LogP) is 16.4. The van der Waals surface area contributed by atoms with Crippen LogP contribution in [0.5, 0.6) is 0 Å². The lowest BCUT2D eigenvalue weighted by molar-refractivity contribution is -0.298. The Morgan fingerprint density at radius 2 is 1.13 bits per heavy atom. The number of amides is 2. The van der Waals surface area contributed by atoms with Crippen LogP contribution in [0, 0.1) is 94.7 Å². The molecular formula is C114H165FN6O25. The standard InChI is InChI=1S/C43H65NO10.C36H50FNO7.C35H50N4O8/c1-13-34-43(10,48)39(51-20-16-17-31-21-32-18-14-15-19-33(32)44-24-31)27(4)36(45)25(2)22-41(8,49-11)29(6)26(3)37(28(5)40(47)53-34)54-35-23-42(9,50-12)38(46)30(7)52-35;1-10-29-36(9,42)32-24(4)30(38-26(6)39)22(2)19-34(7,25(5)23(3)31(40)35(8,37)33(41)45-29)44-21-28(20-43-32)18-14-17-27-15-12-11-13-16-27;1-10-28-35(9,43)32-22(4)30(37-25(7)40)20(2)17-34(8,24(6)21(3)31(41)23(5)33(42)47-28)45-19-27(18-44-32)39-46-16-12-14-26-13-11-15-29(36)38-26/h14-19,21,24-30,34-35,37-39,46,48H,13,20,22-23H2,1-12H3;11-18,22-25,29,32,42H,10,19-21H2,1-9H3;11,13,15,20-24,28,32,43H,10,16-19H2,1-9H3,(H2,36,38)/b17-16+;17-14+,28-18+,38-30?;37-30?,39-27+/t25-,26-,27+,28-,29-,30+,34-,35+,37+,38+,39-,41-,42-,43-;22-,23-,24+,25-,29-,32-,34-,35+,36-;20-,21-,22+,23-,24-,28-,32-,34-,35-/m111/s1. The van der Waals surface area contributed by atoms with Gasteiger partial charge in [-0.2, -0.15) is 0 Å². The number of cyclic esters (lactones) is 3. The molecule has 8 heterocycles. The van der Waals surface area contributed by atoms with E-state index >= 15 is 4.39 Å². The molecule has 2 aromatic heterocycles. The van der Waals surface area contributed by atoms with Gasteiger partial charge in [-0.3, -0.25) is 38.5 Å². The van der Waals surface area contributed by atoms with Crippen molar-refractivity contribution >= 4 is 93.1 Å². The van der Waals surface area contributed by atoms with E-state index in [1.807, 2.05) is 188 Å². The molecule has 146 heavy (non-hydrogen) atoms. The topological polar surface area (TPSA) is 426 Å². The number of nitrogen functional groups attached to an aromatic ring is 1. The van der Waals surface area contributed by atoms with E-state index in [9.17, 15) is 58.8 Å². The second-order valence-corrected chi connectivity index (χ2v) is 43.0. The number of ether oxygens (including phenoxy) is 12. The number of carbonyl (C=O) groups excluding carboxylic acids is 8. The summed E-state index contributed by atoms with van der Waals surface area (Å²) in [6.07, 6.45) is 3.84. The SMILES string of the molecule is CC[C@H]1OC(=O)[C@@](C)(F)C(=O)[C@H](C)[C@@H](C)[C@@]2(C)C[C@@H](C)C(=NC(C)=O)[C@H](C)[C@@H](OC/C(=C\C=C\c3ccccc3)CO2)[C@]1(C)O.CC[C@H]1OC(=O)[C@H](C)C(=O)[C@H](C)[C@@H](C)[C@@]2(C)C[C@@H](C)C(=NC(C)=O)[C@H](C)[C@@H](OC/C(=N\OCC#Cc3cccc(N)n3)CO2)[C@]1(C)O.CC[C@H]1OC(=O)[C@H](C)[C@@H](O[C@H]2C[C@@](C)(OC)[C@@H](O)[C@H](C)O2)[C@H](C)[C@@H](C)[C@](C)(OC)C[C@@H](C)C(=O)[C@H](C)[C@@H](OC/C=C/c2cnc3ccccc3c2)[C@]1(C)O. The zero-order valence-electron chi connectivity index (χ0n) is 91.6. The molecule has 6 aliphatic rings. The second-order valence-electron chi connectivity index (χ2n) is 43.0. The van der Waals surface area contributed by atoms with Crippen molar-refractivity contribution in [3.63, 3.8) is 0 Å². The molecule has 2 amide bonds. The molecule has 0 spiro atoms. The number of esters is 3. The van der Waals surface area contributed by atoms with E-state index in [-0.39, 0.29) is 106 Å². The number of hydrogen-bond donors (Lipinski definition) is 5. The second kappa shape index (κ2) is 52.3. The molecule has 6 N–H and O–H groups in total. The molecule has 2 aromatic carbocycles. The van der Waals surface area contributed by atoms with Gasteiger partial charge in [0.1, 0.15) is 75.9 Å². The van der Waals surface area contributed by atoms with Crippen molar-refractivity contribution in [3.8, 4) is 11.8 Å². The molecule has 6 aliphatic heterocycles. The number of Topliss-reactive ketones (excluding diaryl/α,β-unsaturated/α-hetero) is 3. The quantitative estimate of drug-likeness (QED) is 0.0184. The summed E-state index contributed by atoms with van der Waals surface area (Å²) < 4.78 is 91.1. The number of benzene rings is 2. The summed E-state index contributed by atoms with van der Waals surface area (Å²) in [5, 5.41) is 52.7. The highest BCUT2D eigenvalue weighted by Crippen LogP contribution is 2.47. The Kier molecular flexibility index (Phi) is 43.6. The molecule has 0 saturated carbocycles. The van der Waals surface area contributed by atoms with Gasteiger partial charge < -0.3 is 87.8 Å². The molecule has 808 valence electrons. The van der Waals surface area contributed by atoms with Gasteiger partial charge in [0.05, 0.1) is 97.4 Å². The number of carbonyl (C=O) groups is 8. The zero-order valence-corrected chi connectivity index (χ0v) is 91.6. The van der Waals surface area contributed by atoms with Crippen LogP contribution in [0.15, 0.2) is 124 Å². The van der Waals surface area contributed by atoms with Crippen LogP contribution < -0.4 is 5.73 Å². The fraction of sp³-hybridized carbons (Fsp3) is 0.658. The number of aromatic nitrogens is 2. The Balaban J connectivity index is 0.000000269. The van der Waals surface area contributed by atoms with E-state index in [0.717, 1.165) is 34.5 Å². The van der Waals surface area contributed by atoms with Crippen molar-refractivity contribution in [1.29, 1.82) is 0 Å². The van der Waals surface area contributed by atoms with E-state index in [1.54, 1.807) is 94.0 Å². The molecule has 4 aromatic rings. The van der Waals surface area contributed by atoms with Crippen molar-refractivity contribution < 1.29 is 125 Å². The van der Waals surface area contributed by atoms with E-state index in [0.29, 0.717) is 47.9 Å². The van der Waals surface area contributed by atoms with E-state index < -0.39 is 195 Å². The Morgan fingerprint density at radius 1 is 0.582 bits per heavy atom. The smallest absolute Gasteiger partial charge is 0.351 e. The number of methoxy groups -OCH3 is 2. The van der Waals surface area contributed by atoms with Crippen LogP contribution >= 0.6 is 0 Å². The number of ketones is 3. The minimum atomic E-state index is -2.95. The fourth-order valence-corrected chi connectivity index (χ4v) is 21.8. The summed E-state index contributed by atoms with van der Waals surface area (Å²) in [4.78, 5) is 130. The number of pyridine rings is 2. The summed E-state index contributed by atoms with van der Waals surface area (Å²) in [5.41, 5.74) is -0.910. The van der Waals surface area contributed by atoms with Crippen LogP contribution in [0.4, 0.5) is 10.2 Å². The van der Waals surface area contributed by atoms with Gasteiger partial charge in [-0.15, -0.1) is 0 Å². The maximum atomic E-state index is 16.1. The van der Waals surface area contributed by atoms with Crippen LogP contribution in [0.2, 0.25) is 0 Å². The molecule has 0 unspecified atom stereocenters. The first-order valence-corrected chi connectivity index (χ1v) is 51.6. The summed E-state index contributed by atoms with van der Waals surface area (Å²) in [6.45, 7) is 48.5. The van der Waals surface area contributed by atoms with E-state index in [2.05, 4.69) is 36.9 Å². The Bertz CT molecular complexity index is 5370. The van der Waals surface area contributed by atoms with E-state index in [4.69, 9.17) is 67.4 Å². The number of para-hydroxylation sites is 1. The first-order chi connectivity index (χ1) is 68.3. The molecule has 31 nitrogen and oxygen atoms in total. The lowest BCUT2D eigenvalue weighted by Gasteiger charge is -2.48. The van der Waals surface area contributed by atoms with Crippen molar-refractivity contribution in [2.45, 2.75) is 345 Å². The number of fused-ring (bicyclic) bond motifs is 11. The number of alkyl halides is 1. The van der Waals surface area contributed by atoms with Crippen LogP contribution in [0.3, 0.4) is 0 Å². The number of aliphatic hydroxyl groups is 4. The lowest BCUT2D eigenvalue weighted by Crippen LogP contribution is -2.59. The summed E-state index contributed by atoms with van der Waals surface area (Å²) in [5.74, 6) is -6.65. The minimum absolute atomic E-state index is 0.0245. The van der Waals surface area contributed by atoms with Gasteiger partial charge in [0.2, 0.25) is 11.8 Å². The van der Waals surface area contributed by atoms with Gasteiger partial charge >= 0.3 is 17.9 Å². The number of oxime groups is 1. The highest BCUT2D eigenvalue weighted by atomic mass is 19.1. The number of nitrogens with two attached hydrogens (primary N) is 1. The van der Waals surface area contributed by atoms with Gasteiger partial charge in [0.15, 0.2) is 18.7 Å². The third-order valence-corrected chi connectivity index (χ3v) is 31.9. The lowest BCUT2D eigenvalue weighted by atomic mass is 9.70. The Labute approximate surface area is 863 Å². The van der Waals surface area contributed by atoms with Crippen molar-refractivity contribution in [2.24, 2.45) is 98.0 Å². The summed E-state index contributed by atoms with van der Waals surface area (Å²) >= 11 is 0. The molecular weight excluding hydrogens is 1870 g/mol. The number of anilines is 1. The summed E-state index contributed by atoms with van der Waals surface area (Å²) in [7, 11) is 3.18. The number of halogens is 1. The maximum Gasteiger partial charge on any atom is 0.351 e. The monoisotopic (exact) mass is 2040 g/mol. The van der Waals surface area contributed by atoms with Gasteiger partial charge in [-0.05, 0) is 197 Å². The van der Waals surface area contributed by atoms with Crippen LogP contribution in [0.1, 0.15) is 256 Å².